The predicted octanol–water partition coefficient (Wildman–Crippen LogP) is 5.11. The average molecular weight is 312 g/mol. The van der Waals surface area contributed by atoms with Crippen molar-refractivity contribution in [3.8, 4) is 0 Å². The van der Waals surface area contributed by atoms with Gasteiger partial charge in [0, 0.05) is 24.0 Å². The van der Waals surface area contributed by atoms with E-state index in [1.807, 2.05) is 38.1 Å². The van der Waals surface area contributed by atoms with Crippen molar-refractivity contribution in [3.05, 3.63) is 70.8 Å². The van der Waals surface area contributed by atoms with E-state index in [-0.39, 0.29) is 0 Å². The molecule has 2 unspecified atom stereocenters. The Bertz CT molecular complexity index is 603. The van der Waals surface area contributed by atoms with Gasteiger partial charge in [-0.15, -0.1) is 0 Å². The number of benzene rings is 2. The van der Waals surface area contributed by atoms with E-state index in [1.165, 1.54) is 11.1 Å². The van der Waals surface area contributed by atoms with Crippen molar-refractivity contribution in [3.63, 3.8) is 0 Å². The van der Waals surface area contributed by atoms with Gasteiger partial charge in [-0.25, -0.2) is 0 Å². The van der Waals surface area contributed by atoms with Gasteiger partial charge in [-0.3, -0.25) is 0 Å². The van der Waals surface area contributed by atoms with E-state index in [2.05, 4.69) is 38.1 Å². The Morgan fingerprint density at radius 1 is 0.652 bits per heavy atom. The molecule has 23 heavy (non-hydrogen) atoms. The van der Waals surface area contributed by atoms with Crippen LogP contribution < -0.4 is 0 Å². The van der Waals surface area contributed by atoms with E-state index < -0.39 is 11.6 Å². The van der Waals surface area contributed by atoms with Gasteiger partial charge in [0.2, 0.25) is 11.6 Å². The predicted molar refractivity (Wildman–Crippen MR) is 89.6 cm³/mol. The zero-order valence-corrected chi connectivity index (χ0v) is 14.3. The summed E-state index contributed by atoms with van der Waals surface area (Å²) in [5.41, 5.74) is 4.37. The maximum absolute atomic E-state index is 6.44. The van der Waals surface area contributed by atoms with E-state index in [0.29, 0.717) is 12.8 Å². The molecule has 2 aromatic carbocycles. The Morgan fingerprint density at radius 2 is 1.00 bits per heavy atom. The van der Waals surface area contributed by atoms with Crippen LogP contribution >= 0.6 is 0 Å². The molecule has 3 heteroatoms. The summed E-state index contributed by atoms with van der Waals surface area (Å²) in [5, 5.41) is 0. The van der Waals surface area contributed by atoms with Crippen molar-refractivity contribution >= 4 is 0 Å². The third-order valence-corrected chi connectivity index (χ3v) is 4.55. The lowest BCUT2D eigenvalue weighted by atomic mass is 9.98. The minimum absolute atomic E-state index is 0.670. The van der Waals surface area contributed by atoms with Gasteiger partial charge in [-0.2, -0.15) is 9.78 Å². The van der Waals surface area contributed by atoms with Crippen LogP contribution in [0.5, 0.6) is 0 Å². The van der Waals surface area contributed by atoms with Crippen molar-refractivity contribution in [2.45, 2.75) is 52.1 Å². The van der Waals surface area contributed by atoms with Crippen molar-refractivity contribution in [1.82, 2.24) is 0 Å². The van der Waals surface area contributed by atoms with Crippen LogP contribution in [0.25, 0.3) is 0 Å². The van der Waals surface area contributed by atoms with E-state index >= 15 is 0 Å². The van der Waals surface area contributed by atoms with Crippen LogP contribution in [0.1, 0.15) is 48.9 Å². The fraction of sp³-hybridized carbons (Fsp3) is 0.400. The molecule has 0 spiro atoms. The summed E-state index contributed by atoms with van der Waals surface area (Å²) in [7, 11) is 0. The van der Waals surface area contributed by atoms with Crippen LogP contribution in [0.3, 0.4) is 0 Å². The van der Waals surface area contributed by atoms with E-state index in [4.69, 9.17) is 14.5 Å². The highest BCUT2D eigenvalue weighted by molar-refractivity contribution is 5.28. The third kappa shape index (κ3) is 2.80. The Labute approximate surface area is 138 Å². The van der Waals surface area contributed by atoms with Crippen molar-refractivity contribution in [1.29, 1.82) is 0 Å². The normalized spacial score (nSPS) is 27.3. The molecule has 1 aliphatic heterocycles. The summed E-state index contributed by atoms with van der Waals surface area (Å²) >= 11 is 0. The molecular weight excluding hydrogens is 288 g/mol. The lowest BCUT2D eigenvalue weighted by molar-refractivity contribution is -0.359. The number of aryl methyl sites for hydroxylation is 2. The smallest absolute Gasteiger partial charge is 0.230 e. The highest BCUT2D eigenvalue weighted by Crippen LogP contribution is 2.49. The second kappa shape index (κ2) is 6.08. The van der Waals surface area contributed by atoms with Gasteiger partial charge in [0.15, 0.2) is 0 Å². The fourth-order valence-electron chi connectivity index (χ4n) is 2.93. The van der Waals surface area contributed by atoms with E-state index in [0.717, 1.165) is 11.1 Å². The zero-order chi connectivity index (χ0) is 16.5. The topological polar surface area (TPSA) is 27.7 Å². The van der Waals surface area contributed by atoms with Crippen LogP contribution in [0.15, 0.2) is 48.5 Å². The molecule has 3 nitrogen and oxygen atoms in total. The first-order valence-electron chi connectivity index (χ1n) is 8.25. The Balaban J connectivity index is 1.97. The van der Waals surface area contributed by atoms with Gasteiger partial charge >= 0.3 is 0 Å². The maximum Gasteiger partial charge on any atom is 0.230 e. The molecule has 1 saturated heterocycles. The minimum atomic E-state index is -0.866. The summed E-state index contributed by atoms with van der Waals surface area (Å²) < 4.78 is 6.44. The van der Waals surface area contributed by atoms with Gasteiger partial charge in [-0.1, -0.05) is 73.5 Å². The summed E-state index contributed by atoms with van der Waals surface area (Å²) in [6, 6.07) is 16.4. The van der Waals surface area contributed by atoms with Gasteiger partial charge in [0.1, 0.15) is 0 Å². The lowest BCUT2D eigenvalue weighted by Crippen LogP contribution is -2.32. The van der Waals surface area contributed by atoms with Crippen LogP contribution in [0, 0.1) is 13.8 Å². The average Bonchev–Trinajstić information content (AvgIpc) is 2.98. The second-order valence-electron chi connectivity index (χ2n) is 6.21. The number of hydrogen-bond acceptors (Lipinski definition) is 3. The number of ether oxygens (including phenoxy) is 1. The zero-order valence-electron chi connectivity index (χ0n) is 14.3. The Kier molecular flexibility index (Phi) is 4.28. The SMILES string of the molecule is CCC1(c2ccc(C)cc2)OOC(CC)(c2ccc(C)cc2)O1. The van der Waals surface area contributed by atoms with Crippen molar-refractivity contribution in [2.75, 3.05) is 0 Å². The fourth-order valence-corrected chi connectivity index (χ4v) is 2.93. The Morgan fingerprint density at radius 3 is 1.30 bits per heavy atom. The maximum atomic E-state index is 6.44. The van der Waals surface area contributed by atoms with Crippen LogP contribution in [0.4, 0.5) is 0 Å². The van der Waals surface area contributed by atoms with Crippen molar-refractivity contribution < 1.29 is 14.5 Å². The van der Waals surface area contributed by atoms with Crippen molar-refractivity contribution in [2.24, 2.45) is 0 Å². The van der Waals surface area contributed by atoms with Crippen LogP contribution in [-0.4, -0.2) is 0 Å². The van der Waals surface area contributed by atoms with Crippen LogP contribution in [-0.2, 0) is 26.1 Å². The summed E-state index contributed by atoms with van der Waals surface area (Å²) in [4.78, 5) is 11.6. The first-order valence-corrected chi connectivity index (χ1v) is 8.25. The second-order valence-corrected chi connectivity index (χ2v) is 6.21. The van der Waals surface area contributed by atoms with Gasteiger partial charge < -0.3 is 4.74 Å². The highest BCUT2D eigenvalue weighted by Gasteiger charge is 2.53. The molecule has 0 radical (unpaired) electrons. The monoisotopic (exact) mass is 312 g/mol. The molecular formula is C20H24O3. The first kappa shape index (κ1) is 16.2. The quantitative estimate of drug-likeness (QED) is 0.734. The molecule has 0 aromatic heterocycles. The van der Waals surface area contributed by atoms with Crippen LogP contribution in [0.2, 0.25) is 0 Å². The largest absolute Gasteiger partial charge is 0.304 e. The number of rotatable bonds is 4. The van der Waals surface area contributed by atoms with Gasteiger partial charge in [0.05, 0.1) is 0 Å². The first-order chi connectivity index (χ1) is 11.0. The molecule has 0 saturated carbocycles. The summed E-state index contributed by atoms with van der Waals surface area (Å²) in [6.45, 7) is 8.23. The molecule has 2 aromatic rings. The lowest BCUT2D eigenvalue weighted by Gasteiger charge is -2.29. The number of hydrogen-bond donors (Lipinski definition) is 0. The minimum Gasteiger partial charge on any atom is -0.304 e. The molecule has 0 bridgehead atoms. The molecule has 122 valence electrons. The molecule has 1 heterocycles. The van der Waals surface area contributed by atoms with Gasteiger partial charge in [-0.05, 0) is 13.8 Å². The van der Waals surface area contributed by atoms with E-state index in [1.54, 1.807) is 0 Å². The van der Waals surface area contributed by atoms with E-state index in [9.17, 15) is 0 Å². The highest BCUT2D eigenvalue weighted by atomic mass is 17.3. The third-order valence-electron chi connectivity index (χ3n) is 4.55. The molecule has 0 N–H and O–H groups in total. The summed E-state index contributed by atoms with van der Waals surface area (Å²) in [5.74, 6) is -1.73. The summed E-state index contributed by atoms with van der Waals surface area (Å²) in [6.07, 6.45) is 1.34. The molecule has 0 amide bonds. The standard InChI is InChI=1S/C20H24O3/c1-5-19(17-11-7-15(3)8-12-17)21-20(6-2,23-22-19)18-13-9-16(4)10-14-18/h7-14H,5-6H2,1-4H3. The molecule has 2 atom stereocenters. The molecule has 0 aliphatic carbocycles. The van der Waals surface area contributed by atoms with Gasteiger partial charge in [0.25, 0.3) is 0 Å². The Hall–Kier alpha value is -1.68. The molecule has 3 rings (SSSR count). The molecule has 1 aliphatic rings. The molecule has 1 fully saturated rings.